The highest BCUT2D eigenvalue weighted by Gasteiger charge is 2.09. The smallest absolute Gasteiger partial charge is 0.252 e. The van der Waals surface area contributed by atoms with Gasteiger partial charge in [-0.2, -0.15) is 0 Å². The fourth-order valence-electron chi connectivity index (χ4n) is 1.61. The van der Waals surface area contributed by atoms with Gasteiger partial charge in [0.05, 0.1) is 17.5 Å². The van der Waals surface area contributed by atoms with Crippen molar-refractivity contribution in [3.63, 3.8) is 0 Å². The first-order chi connectivity index (χ1) is 9.08. The van der Waals surface area contributed by atoms with Gasteiger partial charge in [-0.3, -0.25) is 9.78 Å². The maximum Gasteiger partial charge on any atom is 0.252 e. The van der Waals surface area contributed by atoms with Gasteiger partial charge in [-0.15, -0.1) is 0 Å². The zero-order valence-electron chi connectivity index (χ0n) is 10.5. The minimum absolute atomic E-state index is 0.132. The number of carbonyl (C=O) groups excluding carboxylic acids is 1. The second kappa shape index (κ2) is 5.49. The normalized spacial score (nSPS) is 11.9. The average Bonchev–Trinajstić information content (AvgIpc) is 2.39. The lowest BCUT2D eigenvalue weighted by atomic mass is 10.2. The van der Waals surface area contributed by atoms with Gasteiger partial charge in [0, 0.05) is 6.04 Å². The summed E-state index contributed by atoms with van der Waals surface area (Å²) in [7, 11) is 0. The third-order valence-corrected chi connectivity index (χ3v) is 2.61. The van der Waals surface area contributed by atoms with E-state index < -0.39 is 5.91 Å². The Morgan fingerprint density at radius 1 is 1.26 bits per heavy atom. The van der Waals surface area contributed by atoms with E-state index in [4.69, 9.17) is 16.2 Å². The predicted octanol–water partition coefficient (Wildman–Crippen LogP) is 1.99. The molecule has 1 heterocycles. The number of amides is 1. The van der Waals surface area contributed by atoms with Crippen LogP contribution in [0.1, 0.15) is 29.0 Å². The van der Waals surface area contributed by atoms with E-state index in [2.05, 4.69) is 4.98 Å². The molecule has 0 aliphatic rings. The molecule has 2 rings (SSSR count). The van der Waals surface area contributed by atoms with Crippen LogP contribution in [0.5, 0.6) is 11.5 Å². The number of carbonyl (C=O) groups is 1. The van der Waals surface area contributed by atoms with E-state index in [0.717, 1.165) is 5.69 Å². The van der Waals surface area contributed by atoms with Crippen LogP contribution in [0.3, 0.4) is 0 Å². The molecule has 1 aromatic carbocycles. The highest BCUT2D eigenvalue weighted by atomic mass is 16.5. The Kier molecular flexibility index (Phi) is 3.77. The number of ether oxygens (including phenoxy) is 1. The number of rotatable bonds is 4. The summed E-state index contributed by atoms with van der Waals surface area (Å²) in [6.07, 6.45) is 1.57. The molecule has 1 aromatic heterocycles. The van der Waals surface area contributed by atoms with E-state index in [9.17, 15) is 4.79 Å². The van der Waals surface area contributed by atoms with Gasteiger partial charge in [-0.05, 0) is 31.2 Å². The Labute approximate surface area is 111 Å². The largest absolute Gasteiger partial charge is 0.455 e. The van der Waals surface area contributed by atoms with Crippen LogP contribution in [0.2, 0.25) is 0 Å². The van der Waals surface area contributed by atoms with Gasteiger partial charge in [0.2, 0.25) is 0 Å². The summed E-state index contributed by atoms with van der Waals surface area (Å²) in [5, 5.41) is 0. The maximum absolute atomic E-state index is 11.3. The third-order valence-electron chi connectivity index (χ3n) is 2.61. The second-order valence-electron chi connectivity index (χ2n) is 4.17. The van der Waals surface area contributed by atoms with E-state index in [1.165, 1.54) is 0 Å². The standard InChI is InChI=1S/C14H15N3O2/c1-9(15)12-7-6-10(8-17-12)19-13-5-3-2-4-11(13)14(16)18/h2-9H,15H2,1H3,(H2,16,18)/t9-/m0/s1. The SMILES string of the molecule is C[C@H](N)c1ccc(Oc2ccccc2C(N)=O)cn1. The van der Waals surface area contributed by atoms with Crippen molar-refractivity contribution in [2.45, 2.75) is 13.0 Å². The molecule has 0 radical (unpaired) electrons. The summed E-state index contributed by atoms with van der Waals surface area (Å²) < 4.78 is 5.60. The van der Waals surface area contributed by atoms with E-state index in [1.807, 2.05) is 6.92 Å². The van der Waals surface area contributed by atoms with E-state index in [0.29, 0.717) is 17.1 Å². The predicted molar refractivity (Wildman–Crippen MR) is 71.9 cm³/mol. The molecule has 0 unspecified atom stereocenters. The molecule has 0 fully saturated rings. The molecule has 0 bridgehead atoms. The van der Waals surface area contributed by atoms with Crippen LogP contribution in [0.25, 0.3) is 0 Å². The van der Waals surface area contributed by atoms with Crippen LogP contribution >= 0.6 is 0 Å². The lowest BCUT2D eigenvalue weighted by Crippen LogP contribution is -2.12. The third kappa shape index (κ3) is 3.08. The topological polar surface area (TPSA) is 91.2 Å². The number of hydrogen-bond acceptors (Lipinski definition) is 4. The second-order valence-corrected chi connectivity index (χ2v) is 4.17. The quantitative estimate of drug-likeness (QED) is 0.876. The van der Waals surface area contributed by atoms with Crippen molar-refractivity contribution in [2.75, 3.05) is 0 Å². The highest BCUT2D eigenvalue weighted by molar-refractivity contribution is 5.95. The van der Waals surface area contributed by atoms with Crippen LogP contribution in [0.15, 0.2) is 42.6 Å². The Hall–Kier alpha value is -2.40. The summed E-state index contributed by atoms with van der Waals surface area (Å²) in [6.45, 7) is 1.85. The van der Waals surface area contributed by atoms with Crippen molar-refractivity contribution >= 4 is 5.91 Å². The van der Waals surface area contributed by atoms with Gasteiger partial charge in [-0.1, -0.05) is 12.1 Å². The molecule has 5 nitrogen and oxygen atoms in total. The number of benzene rings is 1. The zero-order valence-corrected chi connectivity index (χ0v) is 10.5. The molecule has 98 valence electrons. The first-order valence-electron chi connectivity index (χ1n) is 5.86. The minimum Gasteiger partial charge on any atom is -0.455 e. The van der Waals surface area contributed by atoms with Crippen molar-refractivity contribution in [1.82, 2.24) is 4.98 Å². The Morgan fingerprint density at radius 2 is 2.00 bits per heavy atom. The number of para-hydroxylation sites is 1. The lowest BCUT2D eigenvalue weighted by molar-refractivity contribution is 0.0998. The van der Waals surface area contributed by atoms with Crippen LogP contribution in [-0.4, -0.2) is 10.9 Å². The maximum atomic E-state index is 11.3. The van der Waals surface area contributed by atoms with E-state index in [1.54, 1.807) is 42.6 Å². The van der Waals surface area contributed by atoms with Gasteiger partial charge < -0.3 is 16.2 Å². The molecular weight excluding hydrogens is 242 g/mol. The van der Waals surface area contributed by atoms with Crippen molar-refractivity contribution in [1.29, 1.82) is 0 Å². The summed E-state index contributed by atoms with van der Waals surface area (Å²) in [5.41, 5.74) is 12.1. The van der Waals surface area contributed by atoms with Crippen LogP contribution in [-0.2, 0) is 0 Å². The molecule has 5 heteroatoms. The first-order valence-corrected chi connectivity index (χ1v) is 5.86. The fraction of sp³-hybridized carbons (Fsp3) is 0.143. The molecule has 1 atom stereocenters. The Morgan fingerprint density at radius 3 is 2.58 bits per heavy atom. The van der Waals surface area contributed by atoms with Crippen molar-refractivity contribution < 1.29 is 9.53 Å². The minimum atomic E-state index is -0.532. The molecule has 0 spiro atoms. The van der Waals surface area contributed by atoms with Crippen molar-refractivity contribution in [2.24, 2.45) is 11.5 Å². The summed E-state index contributed by atoms with van der Waals surface area (Å²) in [5.74, 6) is 0.402. The van der Waals surface area contributed by atoms with Crippen LogP contribution in [0, 0.1) is 0 Å². The molecule has 0 saturated heterocycles. The number of nitrogens with two attached hydrogens (primary N) is 2. The van der Waals surface area contributed by atoms with Gasteiger partial charge >= 0.3 is 0 Å². The summed E-state index contributed by atoms with van der Waals surface area (Å²) >= 11 is 0. The monoisotopic (exact) mass is 257 g/mol. The Bertz CT molecular complexity index is 579. The van der Waals surface area contributed by atoms with Gasteiger partial charge in [0.1, 0.15) is 11.5 Å². The van der Waals surface area contributed by atoms with E-state index >= 15 is 0 Å². The van der Waals surface area contributed by atoms with Crippen molar-refractivity contribution in [3.8, 4) is 11.5 Å². The summed E-state index contributed by atoms with van der Waals surface area (Å²) in [4.78, 5) is 15.4. The van der Waals surface area contributed by atoms with Crippen molar-refractivity contribution in [3.05, 3.63) is 53.9 Å². The molecule has 19 heavy (non-hydrogen) atoms. The molecule has 0 aliphatic heterocycles. The molecule has 0 aliphatic carbocycles. The number of pyridine rings is 1. The van der Waals surface area contributed by atoms with Gasteiger partial charge in [0.25, 0.3) is 5.91 Å². The molecule has 0 saturated carbocycles. The molecule has 4 N–H and O–H groups in total. The van der Waals surface area contributed by atoms with Gasteiger partial charge in [0.15, 0.2) is 0 Å². The fourth-order valence-corrected chi connectivity index (χ4v) is 1.61. The molecule has 2 aromatic rings. The number of primary amides is 1. The van der Waals surface area contributed by atoms with E-state index in [-0.39, 0.29) is 6.04 Å². The summed E-state index contributed by atoms with van der Waals surface area (Å²) in [6, 6.07) is 10.2. The number of hydrogen-bond donors (Lipinski definition) is 2. The van der Waals surface area contributed by atoms with Crippen LogP contribution < -0.4 is 16.2 Å². The first kappa shape index (κ1) is 13.0. The number of aromatic nitrogens is 1. The average molecular weight is 257 g/mol. The van der Waals surface area contributed by atoms with Gasteiger partial charge in [-0.25, -0.2) is 0 Å². The van der Waals surface area contributed by atoms with Crippen LogP contribution in [0.4, 0.5) is 0 Å². The number of nitrogens with zero attached hydrogens (tertiary/aromatic N) is 1. The zero-order chi connectivity index (χ0) is 13.8. The molecular formula is C14H15N3O2. The lowest BCUT2D eigenvalue weighted by Gasteiger charge is -2.10. The Balaban J connectivity index is 2.24. The molecule has 1 amide bonds. The highest BCUT2D eigenvalue weighted by Crippen LogP contribution is 2.24.